The van der Waals surface area contributed by atoms with Crippen LogP contribution in [0, 0.1) is 0 Å². The molecule has 0 radical (unpaired) electrons. The highest BCUT2D eigenvalue weighted by Crippen LogP contribution is 1.77. The molecule has 0 aliphatic heterocycles. The standard InChI is InChI=1S/C4H11NO4S/c6-3-1-5-2-4-10(7,8)9/h5-6H,1-4H2,(H,7,8,9). The second-order valence-electron chi connectivity index (χ2n) is 1.76. The first kappa shape index (κ1) is 9.83. The number of aliphatic hydroxyl groups is 1. The highest BCUT2D eigenvalue weighted by atomic mass is 32.2. The number of nitrogens with one attached hydrogen (secondary N) is 1. The monoisotopic (exact) mass is 169 g/mol. The first-order valence-electron chi connectivity index (χ1n) is 2.83. The molecular formula is C4H11NO4S. The van der Waals surface area contributed by atoms with Gasteiger partial charge in [-0.1, -0.05) is 0 Å². The molecule has 5 nitrogen and oxygen atoms in total. The molecule has 0 heterocycles. The molecule has 0 aromatic heterocycles. The Morgan fingerprint density at radius 1 is 1.30 bits per heavy atom. The second-order valence-corrected chi connectivity index (χ2v) is 3.33. The predicted molar refractivity (Wildman–Crippen MR) is 36.4 cm³/mol. The smallest absolute Gasteiger partial charge is 0.266 e. The molecule has 3 N–H and O–H groups in total. The fourth-order valence-corrected chi connectivity index (χ4v) is 0.807. The average Bonchev–Trinajstić information content (AvgIpc) is 1.78. The first-order valence-corrected chi connectivity index (χ1v) is 4.44. The van der Waals surface area contributed by atoms with E-state index in [0.717, 1.165) is 0 Å². The number of hydrogen-bond donors (Lipinski definition) is 3. The minimum atomic E-state index is -3.85. The summed E-state index contributed by atoms with van der Waals surface area (Å²) in [5.74, 6) is -0.312. The van der Waals surface area contributed by atoms with Crippen LogP contribution in [-0.4, -0.2) is 43.5 Å². The van der Waals surface area contributed by atoms with Crippen molar-refractivity contribution in [3.05, 3.63) is 0 Å². The summed E-state index contributed by atoms with van der Waals surface area (Å²) in [7, 11) is -3.85. The molecule has 0 unspecified atom stereocenters. The van der Waals surface area contributed by atoms with E-state index in [4.69, 9.17) is 9.66 Å². The van der Waals surface area contributed by atoms with E-state index in [1.165, 1.54) is 0 Å². The maximum atomic E-state index is 10.0. The van der Waals surface area contributed by atoms with Crippen LogP contribution in [0.5, 0.6) is 0 Å². The first-order chi connectivity index (χ1) is 4.56. The SMILES string of the molecule is O=S(=O)(O)CCNCCO. The highest BCUT2D eigenvalue weighted by molar-refractivity contribution is 7.85. The Balaban J connectivity index is 3.21. The fraction of sp³-hybridized carbons (Fsp3) is 1.00. The summed E-state index contributed by atoms with van der Waals surface area (Å²) in [6, 6.07) is 0. The van der Waals surface area contributed by atoms with Crippen molar-refractivity contribution in [3.8, 4) is 0 Å². The van der Waals surface area contributed by atoms with E-state index in [2.05, 4.69) is 5.32 Å². The minimum absolute atomic E-state index is 0.0362. The topological polar surface area (TPSA) is 86.6 Å². The number of aliphatic hydroxyl groups excluding tert-OH is 1. The Morgan fingerprint density at radius 2 is 1.90 bits per heavy atom. The molecule has 0 saturated carbocycles. The van der Waals surface area contributed by atoms with Gasteiger partial charge in [0.15, 0.2) is 0 Å². The molecule has 10 heavy (non-hydrogen) atoms. The van der Waals surface area contributed by atoms with Gasteiger partial charge in [-0.2, -0.15) is 8.42 Å². The number of rotatable bonds is 5. The molecule has 0 bridgehead atoms. The van der Waals surface area contributed by atoms with Gasteiger partial charge in [-0.05, 0) is 0 Å². The zero-order chi connectivity index (χ0) is 8.04. The van der Waals surface area contributed by atoms with Crippen molar-refractivity contribution in [3.63, 3.8) is 0 Å². The summed E-state index contributed by atoms with van der Waals surface area (Å²) in [6.45, 7) is 0.473. The van der Waals surface area contributed by atoms with Crippen LogP contribution < -0.4 is 5.32 Å². The van der Waals surface area contributed by atoms with Crippen LogP contribution in [0.4, 0.5) is 0 Å². The maximum Gasteiger partial charge on any atom is 0.266 e. The molecule has 0 spiro atoms. The molecule has 0 fully saturated rings. The third kappa shape index (κ3) is 7.83. The van der Waals surface area contributed by atoms with Gasteiger partial charge >= 0.3 is 0 Å². The lowest BCUT2D eigenvalue weighted by atomic mass is 10.6. The van der Waals surface area contributed by atoms with Gasteiger partial charge in [-0.15, -0.1) is 0 Å². The Morgan fingerprint density at radius 3 is 2.30 bits per heavy atom. The van der Waals surface area contributed by atoms with E-state index in [9.17, 15) is 8.42 Å². The summed E-state index contributed by atoms with van der Waals surface area (Å²) in [4.78, 5) is 0. The van der Waals surface area contributed by atoms with Crippen LogP contribution >= 0.6 is 0 Å². The maximum absolute atomic E-state index is 10.0. The van der Waals surface area contributed by atoms with Gasteiger partial charge < -0.3 is 10.4 Å². The van der Waals surface area contributed by atoms with Gasteiger partial charge in [0.1, 0.15) is 0 Å². The third-order valence-electron chi connectivity index (χ3n) is 0.825. The van der Waals surface area contributed by atoms with E-state index in [1.807, 2.05) is 0 Å². The van der Waals surface area contributed by atoms with Crippen molar-refractivity contribution in [1.29, 1.82) is 0 Å². The van der Waals surface area contributed by atoms with E-state index in [1.54, 1.807) is 0 Å². The highest BCUT2D eigenvalue weighted by Gasteiger charge is 2.01. The summed E-state index contributed by atoms with van der Waals surface area (Å²) in [5, 5.41) is 10.8. The second kappa shape index (κ2) is 4.62. The van der Waals surface area contributed by atoms with Crippen molar-refractivity contribution in [1.82, 2.24) is 5.32 Å². The van der Waals surface area contributed by atoms with E-state index >= 15 is 0 Å². The van der Waals surface area contributed by atoms with Crippen molar-refractivity contribution < 1.29 is 18.1 Å². The van der Waals surface area contributed by atoms with Crippen LogP contribution in [0.1, 0.15) is 0 Å². The fourth-order valence-electron chi connectivity index (χ4n) is 0.405. The van der Waals surface area contributed by atoms with Gasteiger partial charge in [0.2, 0.25) is 0 Å². The molecule has 0 aliphatic carbocycles. The van der Waals surface area contributed by atoms with E-state index in [-0.39, 0.29) is 18.9 Å². The van der Waals surface area contributed by atoms with Crippen LogP contribution in [0.3, 0.4) is 0 Å². The van der Waals surface area contributed by atoms with Gasteiger partial charge in [0, 0.05) is 13.1 Å². The Bertz CT molecular complexity index is 164. The van der Waals surface area contributed by atoms with Crippen LogP contribution in [0.2, 0.25) is 0 Å². The normalized spacial score (nSPS) is 11.8. The Kier molecular flexibility index (Phi) is 4.54. The number of hydrogen-bond acceptors (Lipinski definition) is 4. The van der Waals surface area contributed by atoms with E-state index < -0.39 is 10.1 Å². The van der Waals surface area contributed by atoms with Crippen LogP contribution in [0.25, 0.3) is 0 Å². The summed E-state index contributed by atoms with van der Waals surface area (Å²) >= 11 is 0. The van der Waals surface area contributed by atoms with Crippen molar-refractivity contribution in [2.24, 2.45) is 0 Å². The predicted octanol–water partition coefficient (Wildman–Crippen LogP) is -1.54. The lowest BCUT2D eigenvalue weighted by molar-refractivity contribution is 0.293. The Labute approximate surface area is 59.8 Å². The largest absolute Gasteiger partial charge is 0.395 e. The zero-order valence-electron chi connectivity index (χ0n) is 5.45. The molecule has 6 heteroatoms. The zero-order valence-corrected chi connectivity index (χ0v) is 6.26. The summed E-state index contributed by atoms with van der Waals surface area (Å²) in [6.07, 6.45) is 0. The molecule has 62 valence electrons. The molecule has 0 aromatic carbocycles. The van der Waals surface area contributed by atoms with Crippen molar-refractivity contribution in [2.45, 2.75) is 0 Å². The summed E-state index contributed by atoms with van der Waals surface area (Å²) < 4.78 is 28.3. The van der Waals surface area contributed by atoms with Crippen LogP contribution in [-0.2, 0) is 10.1 Å². The molecule has 0 aromatic rings. The quantitative estimate of drug-likeness (QED) is 0.343. The van der Waals surface area contributed by atoms with Crippen LogP contribution in [0.15, 0.2) is 0 Å². The van der Waals surface area contributed by atoms with Gasteiger partial charge in [0.05, 0.1) is 12.4 Å². The van der Waals surface area contributed by atoms with Gasteiger partial charge in [0.25, 0.3) is 10.1 Å². The molecule has 0 aliphatic rings. The minimum Gasteiger partial charge on any atom is -0.395 e. The molecule has 0 amide bonds. The third-order valence-corrected chi connectivity index (χ3v) is 1.55. The average molecular weight is 169 g/mol. The lowest BCUT2D eigenvalue weighted by Crippen LogP contribution is -2.25. The van der Waals surface area contributed by atoms with E-state index in [0.29, 0.717) is 6.54 Å². The summed E-state index contributed by atoms with van der Waals surface area (Å²) in [5.41, 5.74) is 0. The van der Waals surface area contributed by atoms with Gasteiger partial charge in [-0.3, -0.25) is 4.55 Å². The molecular weight excluding hydrogens is 158 g/mol. The van der Waals surface area contributed by atoms with Crippen molar-refractivity contribution >= 4 is 10.1 Å². The molecule has 0 rings (SSSR count). The lowest BCUT2D eigenvalue weighted by Gasteiger charge is -1.98. The molecule has 0 atom stereocenters. The molecule has 0 saturated heterocycles. The van der Waals surface area contributed by atoms with Crippen molar-refractivity contribution in [2.75, 3.05) is 25.4 Å². The van der Waals surface area contributed by atoms with Gasteiger partial charge in [-0.25, -0.2) is 0 Å². The Hall–Kier alpha value is -0.170.